The standard InChI is InChI=1S/C20H27NO4S/c1-13-9-17(5)18(10-14(13)2)25-8-7-21-26(22,23)20-12-16(4)15(3)11-19(20)24-6/h9-12,21H,7-8H2,1-6H3. The van der Waals surface area contributed by atoms with Crippen molar-refractivity contribution in [2.45, 2.75) is 39.5 Å². The molecule has 0 aliphatic carbocycles. The molecule has 0 aliphatic heterocycles. The van der Waals surface area contributed by atoms with Crippen molar-refractivity contribution in [3.8, 4) is 11.5 Å². The van der Waals surface area contributed by atoms with Crippen LogP contribution in [0.15, 0.2) is 29.2 Å². The molecule has 0 amide bonds. The minimum atomic E-state index is -3.68. The van der Waals surface area contributed by atoms with Crippen molar-refractivity contribution < 1.29 is 17.9 Å². The molecule has 0 aliphatic rings. The van der Waals surface area contributed by atoms with Gasteiger partial charge in [0.05, 0.1) is 7.11 Å². The lowest BCUT2D eigenvalue weighted by molar-refractivity contribution is 0.320. The third-order valence-corrected chi connectivity index (χ3v) is 5.99. The lowest BCUT2D eigenvalue weighted by atomic mass is 10.1. The van der Waals surface area contributed by atoms with Crippen LogP contribution in [0, 0.1) is 34.6 Å². The van der Waals surface area contributed by atoms with Gasteiger partial charge in [-0.1, -0.05) is 6.07 Å². The van der Waals surface area contributed by atoms with E-state index in [1.54, 1.807) is 12.1 Å². The van der Waals surface area contributed by atoms with Crippen molar-refractivity contribution in [1.82, 2.24) is 4.72 Å². The van der Waals surface area contributed by atoms with Gasteiger partial charge in [0.15, 0.2) is 0 Å². The Labute approximate surface area is 156 Å². The molecule has 0 spiro atoms. The van der Waals surface area contributed by atoms with Crippen LogP contribution < -0.4 is 14.2 Å². The molecule has 5 nitrogen and oxygen atoms in total. The number of sulfonamides is 1. The van der Waals surface area contributed by atoms with E-state index < -0.39 is 10.0 Å². The minimum Gasteiger partial charge on any atom is -0.495 e. The number of hydrogen-bond donors (Lipinski definition) is 1. The highest BCUT2D eigenvalue weighted by molar-refractivity contribution is 7.89. The summed E-state index contributed by atoms with van der Waals surface area (Å²) in [6.45, 7) is 10.3. The van der Waals surface area contributed by atoms with Gasteiger partial charge in [-0.05, 0) is 80.6 Å². The maximum Gasteiger partial charge on any atom is 0.244 e. The van der Waals surface area contributed by atoms with Crippen LogP contribution in [0.3, 0.4) is 0 Å². The molecule has 0 saturated carbocycles. The first-order valence-electron chi connectivity index (χ1n) is 8.51. The lowest BCUT2D eigenvalue weighted by Gasteiger charge is -2.14. The molecule has 2 aromatic carbocycles. The van der Waals surface area contributed by atoms with E-state index in [-0.39, 0.29) is 18.0 Å². The van der Waals surface area contributed by atoms with E-state index in [4.69, 9.17) is 9.47 Å². The van der Waals surface area contributed by atoms with Gasteiger partial charge in [-0.15, -0.1) is 0 Å². The zero-order chi connectivity index (χ0) is 19.5. The van der Waals surface area contributed by atoms with E-state index in [0.717, 1.165) is 28.0 Å². The summed E-state index contributed by atoms with van der Waals surface area (Å²) in [5.74, 6) is 1.11. The summed E-state index contributed by atoms with van der Waals surface area (Å²) in [7, 11) is -2.21. The molecule has 0 unspecified atom stereocenters. The van der Waals surface area contributed by atoms with Crippen LogP contribution in [0.5, 0.6) is 11.5 Å². The van der Waals surface area contributed by atoms with Gasteiger partial charge in [0.1, 0.15) is 23.0 Å². The fourth-order valence-electron chi connectivity index (χ4n) is 2.64. The predicted octanol–water partition coefficient (Wildman–Crippen LogP) is 3.59. The number of nitrogens with one attached hydrogen (secondary N) is 1. The molecule has 0 bridgehead atoms. The molecule has 2 rings (SSSR count). The van der Waals surface area contributed by atoms with Crippen LogP contribution >= 0.6 is 0 Å². The molecule has 26 heavy (non-hydrogen) atoms. The van der Waals surface area contributed by atoms with Crippen molar-refractivity contribution in [2.24, 2.45) is 0 Å². The van der Waals surface area contributed by atoms with Crippen LogP contribution in [-0.2, 0) is 10.0 Å². The Kier molecular flexibility index (Phi) is 6.31. The smallest absolute Gasteiger partial charge is 0.244 e. The zero-order valence-corrected chi connectivity index (χ0v) is 17.1. The summed E-state index contributed by atoms with van der Waals surface area (Å²) in [5.41, 5.74) is 5.26. The highest BCUT2D eigenvalue weighted by Gasteiger charge is 2.20. The maximum atomic E-state index is 12.6. The second-order valence-electron chi connectivity index (χ2n) is 6.54. The molecule has 0 atom stereocenters. The Hall–Kier alpha value is -2.05. The summed E-state index contributed by atoms with van der Waals surface area (Å²) in [4.78, 5) is 0.144. The maximum absolute atomic E-state index is 12.6. The third-order valence-electron chi connectivity index (χ3n) is 4.51. The quantitative estimate of drug-likeness (QED) is 0.749. The fourth-order valence-corrected chi connectivity index (χ4v) is 3.88. The summed E-state index contributed by atoms with van der Waals surface area (Å²) in [5, 5.41) is 0. The van der Waals surface area contributed by atoms with E-state index in [0.29, 0.717) is 5.75 Å². The van der Waals surface area contributed by atoms with E-state index in [9.17, 15) is 8.42 Å². The van der Waals surface area contributed by atoms with Crippen molar-refractivity contribution in [2.75, 3.05) is 20.3 Å². The summed E-state index contributed by atoms with van der Waals surface area (Å²) >= 11 is 0. The monoisotopic (exact) mass is 377 g/mol. The van der Waals surface area contributed by atoms with Crippen LogP contribution in [0.1, 0.15) is 27.8 Å². The molecule has 142 valence electrons. The van der Waals surface area contributed by atoms with E-state index in [1.807, 2.05) is 33.8 Å². The van der Waals surface area contributed by atoms with Crippen molar-refractivity contribution in [3.63, 3.8) is 0 Å². The first-order chi connectivity index (χ1) is 12.2. The average Bonchev–Trinajstić information content (AvgIpc) is 2.57. The molecule has 6 heteroatoms. The molecule has 0 aromatic heterocycles. The number of benzene rings is 2. The van der Waals surface area contributed by atoms with E-state index >= 15 is 0 Å². The number of hydrogen-bond acceptors (Lipinski definition) is 4. The largest absolute Gasteiger partial charge is 0.495 e. The van der Waals surface area contributed by atoms with Gasteiger partial charge in [0, 0.05) is 6.54 Å². The molecule has 0 saturated heterocycles. The lowest BCUT2D eigenvalue weighted by Crippen LogP contribution is -2.28. The van der Waals surface area contributed by atoms with Gasteiger partial charge in [-0.25, -0.2) is 13.1 Å². The van der Waals surface area contributed by atoms with Gasteiger partial charge in [-0.2, -0.15) is 0 Å². The van der Waals surface area contributed by atoms with Gasteiger partial charge in [-0.3, -0.25) is 0 Å². The number of aryl methyl sites for hydroxylation is 5. The summed E-state index contributed by atoms with van der Waals surface area (Å²) in [6, 6.07) is 7.41. The van der Waals surface area contributed by atoms with Crippen molar-refractivity contribution >= 4 is 10.0 Å². The van der Waals surface area contributed by atoms with E-state index in [2.05, 4.69) is 17.7 Å². The van der Waals surface area contributed by atoms with Gasteiger partial charge in [0.2, 0.25) is 10.0 Å². The van der Waals surface area contributed by atoms with Gasteiger partial charge < -0.3 is 9.47 Å². The first-order valence-corrected chi connectivity index (χ1v) is 9.99. The SMILES string of the molecule is COc1cc(C)c(C)cc1S(=O)(=O)NCCOc1cc(C)c(C)cc1C. The molecule has 0 radical (unpaired) electrons. The molecular weight excluding hydrogens is 350 g/mol. The normalized spacial score (nSPS) is 11.5. The van der Waals surface area contributed by atoms with Crippen molar-refractivity contribution in [1.29, 1.82) is 0 Å². The highest BCUT2D eigenvalue weighted by Crippen LogP contribution is 2.27. The summed E-state index contributed by atoms with van der Waals surface area (Å²) < 4.78 is 38.8. The second kappa shape index (κ2) is 8.10. The topological polar surface area (TPSA) is 64.6 Å². The Bertz CT molecular complexity index is 905. The highest BCUT2D eigenvalue weighted by atomic mass is 32.2. The van der Waals surface area contributed by atoms with Gasteiger partial charge >= 0.3 is 0 Å². The number of rotatable bonds is 7. The first kappa shape index (κ1) is 20.3. The van der Waals surface area contributed by atoms with Crippen LogP contribution in [-0.4, -0.2) is 28.7 Å². The Morgan fingerprint density at radius 3 is 1.96 bits per heavy atom. The fraction of sp³-hybridized carbons (Fsp3) is 0.400. The van der Waals surface area contributed by atoms with Crippen LogP contribution in [0.2, 0.25) is 0 Å². The molecule has 1 N–H and O–H groups in total. The summed E-state index contributed by atoms with van der Waals surface area (Å²) in [6.07, 6.45) is 0. The van der Waals surface area contributed by atoms with Gasteiger partial charge in [0.25, 0.3) is 0 Å². The Morgan fingerprint density at radius 1 is 0.808 bits per heavy atom. The van der Waals surface area contributed by atoms with Crippen molar-refractivity contribution in [3.05, 3.63) is 52.1 Å². The van der Waals surface area contributed by atoms with E-state index in [1.165, 1.54) is 12.7 Å². The third kappa shape index (κ3) is 4.56. The predicted molar refractivity (Wildman–Crippen MR) is 104 cm³/mol. The minimum absolute atomic E-state index is 0.144. The second-order valence-corrected chi connectivity index (χ2v) is 8.27. The Morgan fingerprint density at radius 2 is 1.35 bits per heavy atom. The molecule has 0 fully saturated rings. The van der Waals surface area contributed by atoms with Crippen LogP contribution in [0.25, 0.3) is 0 Å². The number of ether oxygens (including phenoxy) is 2. The number of methoxy groups -OCH3 is 1. The molecule has 2 aromatic rings. The molecule has 0 heterocycles. The van der Waals surface area contributed by atoms with Crippen LogP contribution in [0.4, 0.5) is 0 Å². The molecular formula is C20H27NO4S. The average molecular weight is 378 g/mol. The Balaban J connectivity index is 2.06. The zero-order valence-electron chi connectivity index (χ0n) is 16.3.